The second-order valence-electron chi connectivity index (χ2n) is 6.65. The summed E-state index contributed by atoms with van der Waals surface area (Å²) in [5.41, 5.74) is 1.31. The molecule has 2 fully saturated rings. The fourth-order valence-electron chi connectivity index (χ4n) is 3.58. The van der Waals surface area contributed by atoms with Gasteiger partial charge in [-0.05, 0) is 51.5 Å². The topological polar surface area (TPSA) is 54.5 Å². The number of carbonyl (C=O) groups is 1. The highest BCUT2D eigenvalue weighted by Gasteiger charge is 2.39. The van der Waals surface area contributed by atoms with E-state index in [2.05, 4.69) is 15.2 Å². The normalized spacial score (nSPS) is 23.4. The van der Waals surface area contributed by atoms with Gasteiger partial charge in [-0.3, -0.25) is 9.69 Å². The zero-order chi connectivity index (χ0) is 15.6. The molecular weight excluding hydrogens is 298 g/mol. The number of piperidine rings is 1. The number of carbonyl (C=O) groups excluding carboxylic acids is 1. The number of aromatic nitrogens is 1. The lowest BCUT2D eigenvalue weighted by Gasteiger charge is -2.46. The molecule has 6 heteroatoms. The highest BCUT2D eigenvalue weighted by atomic mass is 32.1. The van der Waals surface area contributed by atoms with E-state index in [0.717, 1.165) is 44.8 Å². The van der Waals surface area contributed by atoms with Crippen molar-refractivity contribution in [3.8, 4) is 0 Å². The molecule has 2 saturated heterocycles. The third-order valence-corrected chi connectivity index (χ3v) is 5.90. The van der Waals surface area contributed by atoms with Gasteiger partial charge in [-0.1, -0.05) is 0 Å². The maximum Gasteiger partial charge on any atom is 0.243 e. The molecular formula is C16H25N3O2S. The molecule has 1 N–H and O–H groups in total. The van der Waals surface area contributed by atoms with Crippen LogP contribution in [-0.2, 0) is 9.53 Å². The minimum absolute atomic E-state index is 0.0541. The Kier molecular flexibility index (Phi) is 4.80. The van der Waals surface area contributed by atoms with E-state index in [1.165, 1.54) is 24.2 Å². The first-order chi connectivity index (χ1) is 10.6. The summed E-state index contributed by atoms with van der Waals surface area (Å²) in [5, 5.41) is 5.61. The highest BCUT2D eigenvalue weighted by molar-refractivity contribution is 7.13. The number of hydrogen-bond acceptors (Lipinski definition) is 5. The SMILES string of the molecule is Cc1csc(NC(=O)[C@@H](C)N2CCCC3(CCOCC3)C2)n1. The molecule has 22 heavy (non-hydrogen) atoms. The van der Waals surface area contributed by atoms with Crippen molar-refractivity contribution >= 4 is 22.4 Å². The number of amides is 1. The lowest BCUT2D eigenvalue weighted by molar-refractivity contribution is -0.123. The standard InChI is InChI=1S/C16H25N3O2S/c1-12-10-22-15(17-12)18-14(20)13(2)19-7-3-4-16(11-19)5-8-21-9-6-16/h10,13H,3-9,11H2,1-2H3,(H,17,18,20)/t13-/m1/s1. The zero-order valence-corrected chi connectivity index (χ0v) is 14.2. The number of rotatable bonds is 3. The third-order valence-electron chi connectivity index (χ3n) is 5.02. The van der Waals surface area contributed by atoms with Gasteiger partial charge in [0.1, 0.15) is 0 Å². The van der Waals surface area contributed by atoms with Crippen LogP contribution in [-0.4, -0.2) is 48.1 Å². The first-order valence-electron chi connectivity index (χ1n) is 8.13. The summed E-state index contributed by atoms with van der Waals surface area (Å²) >= 11 is 1.49. The van der Waals surface area contributed by atoms with E-state index in [0.29, 0.717) is 10.5 Å². The van der Waals surface area contributed by atoms with Crippen LogP contribution in [0.3, 0.4) is 0 Å². The van der Waals surface area contributed by atoms with Crippen molar-refractivity contribution in [2.24, 2.45) is 5.41 Å². The Labute approximate surface area is 136 Å². The van der Waals surface area contributed by atoms with Gasteiger partial charge in [0.15, 0.2) is 5.13 Å². The molecule has 122 valence electrons. The van der Waals surface area contributed by atoms with Crippen LogP contribution in [0.15, 0.2) is 5.38 Å². The molecule has 1 atom stereocenters. The molecule has 0 unspecified atom stereocenters. The number of anilines is 1. The fourth-order valence-corrected chi connectivity index (χ4v) is 4.27. The van der Waals surface area contributed by atoms with E-state index in [1.807, 2.05) is 19.2 Å². The van der Waals surface area contributed by atoms with Gasteiger partial charge in [0, 0.05) is 25.1 Å². The molecule has 3 heterocycles. The van der Waals surface area contributed by atoms with E-state index < -0.39 is 0 Å². The summed E-state index contributed by atoms with van der Waals surface area (Å²) in [5.74, 6) is 0.0541. The van der Waals surface area contributed by atoms with E-state index in [1.54, 1.807) is 0 Å². The molecule has 0 radical (unpaired) electrons. The Morgan fingerprint density at radius 3 is 2.91 bits per heavy atom. The smallest absolute Gasteiger partial charge is 0.243 e. The molecule has 0 bridgehead atoms. The van der Waals surface area contributed by atoms with Gasteiger partial charge in [0.05, 0.1) is 11.7 Å². The van der Waals surface area contributed by atoms with Crippen molar-refractivity contribution in [1.29, 1.82) is 0 Å². The molecule has 1 aromatic heterocycles. The Morgan fingerprint density at radius 1 is 1.45 bits per heavy atom. The average molecular weight is 323 g/mol. The lowest BCUT2D eigenvalue weighted by Crippen LogP contribution is -2.52. The molecule has 2 aliphatic rings. The van der Waals surface area contributed by atoms with Crippen LogP contribution in [0.2, 0.25) is 0 Å². The molecule has 1 aromatic rings. The summed E-state index contributed by atoms with van der Waals surface area (Å²) in [6.45, 7) is 7.71. The Hall–Kier alpha value is -0.980. The maximum atomic E-state index is 12.5. The van der Waals surface area contributed by atoms with E-state index >= 15 is 0 Å². The maximum absolute atomic E-state index is 12.5. The van der Waals surface area contributed by atoms with Crippen molar-refractivity contribution < 1.29 is 9.53 Å². The van der Waals surface area contributed by atoms with Crippen molar-refractivity contribution in [1.82, 2.24) is 9.88 Å². The van der Waals surface area contributed by atoms with Crippen LogP contribution >= 0.6 is 11.3 Å². The van der Waals surface area contributed by atoms with E-state index in [-0.39, 0.29) is 11.9 Å². The van der Waals surface area contributed by atoms with Gasteiger partial charge < -0.3 is 10.1 Å². The second-order valence-corrected chi connectivity index (χ2v) is 7.50. The van der Waals surface area contributed by atoms with Crippen molar-refractivity contribution in [2.75, 3.05) is 31.6 Å². The van der Waals surface area contributed by atoms with Crippen LogP contribution in [0.5, 0.6) is 0 Å². The highest BCUT2D eigenvalue weighted by Crippen LogP contribution is 2.39. The number of nitrogens with zero attached hydrogens (tertiary/aromatic N) is 2. The minimum Gasteiger partial charge on any atom is -0.381 e. The van der Waals surface area contributed by atoms with Gasteiger partial charge in [-0.25, -0.2) is 4.98 Å². The molecule has 5 nitrogen and oxygen atoms in total. The Bertz CT molecular complexity index is 520. The summed E-state index contributed by atoms with van der Waals surface area (Å²) in [7, 11) is 0. The molecule has 1 amide bonds. The summed E-state index contributed by atoms with van der Waals surface area (Å²) < 4.78 is 5.52. The molecule has 2 aliphatic heterocycles. The van der Waals surface area contributed by atoms with Crippen molar-refractivity contribution in [3.05, 3.63) is 11.1 Å². The van der Waals surface area contributed by atoms with Crippen LogP contribution in [0.1, 0.15) is 38.3 Å². The predicted octanol–water partition coefficient (Wildman–Crippen LogP) is 2.67. The summed E-state index contributed by atoms with van der Waals surface area (Å²) in [4.78, 5) is 19.1. The zero-order valence-electron chi connectivity index (χ0n) is 13.4. The van der Waals surface area contributed by atoms with Crippen LogP contribution in [0.25, 0.3) is 0 Å². The number of thiazole rings is 1. The fraction of sp³-hybridized carbons (Fsp3) is 0.750. The summed E-state index contributed by atoms with van der Waals surface area (Å²) in [6, 6.07) is -0.107. The molecule has 0 aromatic carbocycles. The number of aryl methyl sites for hydroxylation is 1. The van der Waals surface area contributed by atoms with Gasteiger partial charge in [0.2, 0.25) is 5.91 Å². The Balaban J connectivity index is 1.61. The molecule has 3 rings (SSSR count). The van der Waals surface area contributed by atoms with Crippen LogP contribution in [0.4, 0.5) is 5.13 Å². The van der Waals surface area contributed by atoms with Crippen LogP contribution in [0, 0.1) is 12.3 Å². The summed E-state index contributed by atoms with van der Waals surface area (Å²) in [6.07, 6.45) is 4.70. The quantitative estimate of drug-likeness (QED) is 0.929. The largest absolute Gasteiger partial charge is 0.381 e. The number of hydrogen-bond donors (Lipinski definition) is 1. The van der Waals surface area contributed by atoms with Crippen LogP contribution < -0.4 is 5.32 Å². The first-order valence-corrected chi connectivity index (χ1v) is 9.01. The minimum atomic E-state index is -0.107. The van der Waals surface area contributed by atoms with Gasteiger partial charge >= 0.3 is 0 Å². The monoisotopic (exact) mass is 323 g/mol. The number of likely N-dealkylation sites (tertiary alicyclic amines) is 1. The van der Waals surface area contributed by atoms with Crippen molar-refractivity contribution in [3.63, 3.8) is 0 Å². The predicted molar refractivity (Wildman–Crippen MR) is 88.2 cm³/mol. The first kappa shape index (κ1) is 15.9. The van der Waals surface area contributed by atoms with E-state index in [9.17, 15) is 4.79 Å². The lowest BCUT2D eigenvalue weighted by atomic mass is 9.73. The van der Waals surface area contributed by atoms with Crippen molar-refractivity contribution in [2.45, 2.75) is 45.6 Å². The number of ether oxygens (including phenoxy) is 1. The Morgan fingerprint density at radius 2 is 2.23 bits per heavy atom. The average Bonchev–Trinajstić information content (AvgIpc) is 2.92. The molecule has 1 spiro atoms. The second kappa shape index (κ2) is 6.64. The number of nitrogens with one attached hydrogen (secondary N) is 1. The van der Waals surface area contributed by atoms with Gasteiger partial charge in [-0.2, -0.15) is 0 Å². The van der Waals surface area contributed by atoms with Gasteiger partial charge in [0.25, 0.3) is 0 Å². The molecule has 0 aliphatic carbocycles. The molecule has 0 saturated carbocycles. The van der Waals surface area contributed by atoms with E-state index in [4.69, 9.17) is 4.74 Å². The third kappa shape index (κ3) is 3.50. The van der Waals surface area contributed by atoms with Gasteiger partial charge in [-0.15, -0.1) is 11.3 Å².